The fraction of sp³-hybridized carbons (Fsp3) is 0.529. The van der Waals surface area contributed by atoms with Crippen molar-refractivity contribution in [3.05, 3.63) is 42.0 Å². The van der Waals surface area contributed by atoms with Gasteiger partial charge in [-0.1, -0.05) is 6.92 Å². The van der Waals surface area contributed by atoms with Crippen LogP contribution in [0.25, 0.3) is 0 Å². The minimum absolute atomic E-state index is 0.0463. The third-order valence-corrected chi connectivity index (χ3v) is 4.48. The lowest BCUT2D eigenvalue weighted by atomic mass is 10.0. The lowest BCUT2D eigenvalue weighted by molar-refractivity contribution is -0.0706. The number of morpholine rings is 1. The van der Waals surface area contributed by atoms with E-state index in [-0.39, 0.29) is 23.9 Å². The van der Waals surface area contributed by atoms with E-state index in [4.69, 9.17) is 4.74 Å². The van der Waals surface area contributed by atoms with Crippen LogP contribution < -0.4 is 5.32 Å². The summed E-state index contributed by atoms with van der Waals surface area (Å²) in [5, 5.41) is 2.91. The second-order valence-corrected chi connectivity index (χ2v) is 6.14. The molecule has 1 aliphatic heterocycles. The largest absolute Gasteiger partial charge is 0.373 e. The molecule has 2 aromatic rings. The summed E-state index contributed by atoms with van der Waals surface area (Å²) in [5.41, 5.74) is 1.84. The molecule has 0 unspecified atom stereocenters. The van der Waals surface area contributed by atoms with Gasteiger partial charge in [0.05, 0.1) is 30.8 Å². The van der Waals surface area contributed by atoms with Crippen LogP contribution >= 0.6 is 0 Å². The van der Waals surface area contributed by atoms with Gasteiger partial charge in [-0.3, -0.25) is 9.69 Å². The Hall–Kier alpha value is -2.32. The van der Waals surface area contributed by atoms with Crippen molar-refractivity contribution in [3.8, 4) is 0 Å². The van der Waals surface area contributed by atoms with E-state index in [1.54, 1.807) is 18.6 Å². The van der Waals surface area contributed by atoms with Crippen molar-refractivity contribution in [2.24, 2.45) is 7.05 Å². The van der Waals surface area contributed by atoms with E-state index >= 15 is 0 Å². The molecule has 2 aromatic heterocycles. The molecule has 1 amide bonds. The average molecular weight is 344 g/mol. The summed E-state index contributed by atoms with van der Waals surface area (Å²) >= 11 is 0. The van der Waals surface area contributed by atoms with Gasteiger partial charge in [-0.25, -0.2) is 15.0 Å². The molecule has 1 N–H and O–H groups in total. The van der Waals surface area contributed by atoms with Crippen molar-refractivity contribution < 1.29 is 9.53 Å². The van der Waals surface area contributed by atoms with E-state index in [1.807, 2.05) is 24.7 Å². The van der Waals surface area contributed by atoms with Crippen molar-refractivity contribution in [3.63, 3.8) is 0 Å². The summed E-state index contributed by atoms with van der Waals surface area (Å²) in [5.74, 6) is -0.107. The van der Waals surface area contributed by atoms with Gasteiger partial charge in [-0.05, 0) is 19.5 Å². The van der Waals surface area contributed by atoms with Gasteiger partial charge in [-0.15, -0.1) is 0 Å². The molecule has 0 spiro atoms. The van der Waals surface area contributed by atoms with E-state index < -0.39 is 0 Å². The normalized spacial score (nSPS) is 21.2. The monoisotopic (exact) mass is 344 g/mol. The highest BCUT2D eigenvalue weighted by atomic mass is 16.5. The van der Waals surface area contributed by atoms with Crippen LogP contribution in [0.1, 0.15) is 35.0 Å². The quantitative estimate of drug-likeness (QED) is 0.860. The minimum atomic E-state index is -0.287. The van der Waals surface area contributed by atoms with Crippen molar-refractivity contribution in [1.82, 2.24) is 29.7 Å². The maximum atomic E-state index is 12.3. The molecule has 0 aliphatic carbocycles. The molecule has 0 radical (unpaired) electrons. The minimum Gasteiger partial charge on any atom is -0.373 e. The Balaban J connectivity index is 1.73. The van der Waals surface area contributed by atoms with E-state index in [0.29, 0.717) is 13.2 Å². The molecule has 1 saturated heterocycles. The summed E-state index contributed by atoms with van der Waals surface area (Å²) in [7, 11) is 1.97. The number of nitrogens with one attached hydrogen (secondary N) is 1. The number of ether oxygens (including phenoxy) is 1. The standard InChI is InChI=1S/C17H24N6O2/c1-4-23-7-8-25-14(15(23)13-9-18-11-22(13)3)10-20-17(24)16-19-6-5-12(2)21-16/h5-6,9,11,14-15H,4,7-8,10H2,1-3H3,(H,20,24)/t14-,15-/m0/s1. The fourth-order valence-electron chi connectivity index (χ4n) is 3.17. The number of hydrogen-bond donors (Lipinski definition) is 1. The Labute approximate surface area is 147 Å². The molecule has 3 rings (SSSR count). The highest BCUT2D eigenvalue weighted by Gasteiger charge is 2.34. The van der Waals surface area contributed by atoms with Gasteiger partial charge in [0.1, 0.15) is 0 Å². The second-order valence-electron chi connectivity index (χ2n) is 6.14. The predicted octanol–water partition coefficient (Wildman–Crippen LogP) is 0.710. The number of imidazole rings is 1. The highest BCUT2D eigenvalue weighted by molar-refractivity contribution is 5.90. The number of hydrogen-bond acceptors (Lipinski definition) is 6. The van der Waals surface area contributed by atoms with E-state index in [0.717, 1.165) is 24.5 Å². The summed E-state index contributed by atoms with van der Waals surface area (Å²) in [6.45, 7) is 6.76. The Morgan fingerprint density at radius 1 is 1.48 bits per heavy atom. The maximum absolute atomic E-state index is 12.3. The zero-order valence-electron chi connectivity index (χ0n) is 14.8. The van der Waals surface area contributed by atoms with Crippen LogP contribution in [-0.2, 0) is 11.8 Å². The molecular weight excluding hydrogens is 320 g/mol. The van der Waals surface area contributed by atoms with E-state index in [2.05, 4.69) is 32.1 Å². The van der Waals surface area contributed by atoms with Gasteiger partial charge < -0.3 is 14.6 Å². The number of amides is 1. The first-order chi connectivity index (χ1) is 12.1. The van der Waals surface area contributed by atoms with Crippen LogP contribution in [0.5, 0.6) is 0 Å². The zero-order valence-corrected chi connectivity index (χ0v) is 14.8. The molecule has 0 saturated carbocycles. The number of carbonyl (C=O) groups is 1. The lowest BCUT2D eigenvalue weighted by Crippen LogP contribution is -2.50. The number of aryl methyl sites for hydroxylation is 2. The SMILES string of the molecule is CCN1CCO[C@@H](CNC(=O)c2nccc(C)n2)[C@@H]1c1cncn1C. The van der Waals surface area contributed by atoms with Gasteiger partial charge in [0.15, 0.2) is 0 Å². The van der Waals surface area contributed by atoms with Gasteiger partial charge in [0.2, 0.25) is 5.82 Å². The topological polar surface area (TPSA) is 85.2 Å². The molecule has 0 aromatic carbocycles. The van der Waals surface area contributed by atoms with Gasteiger partial charge >= 0.3 is 0 Å². The van der Waals surface area contributed by atoms with E-state index in [1.165, 1.54) is 0 Å². The third kappa shape index (κ3) is 3.85. The number of rotatable bonds is 5. The van der Waals surface area contributed by atoms with Gasteiger partial charge in [-0.2, -0.15) is 0 Å². The fourth-order valence-corrected chi connectivity index (χ4v) is 3.17. The van der Waals surface area contributed by atoms with Crippen molar-refractivity contribution in [2.45, 2.75) is 26.0 Å². The Bertz CT molecular complexity index is 731. The summed E-state index contributed by atoms with van der Waals surface area (Å²) in [6, 6.07) is 1.81. The lowest BCUT2D eigenvalue weighted by Gasteiger charge is -2.40. The second kappa shape index (κ2) is 7.71. The molecule has 1 fully saturated rings. The molecule has 8 nitrogen and oxygen atoms in total. The molecule has 25 heavy (non-hydrogen) atoms. The predicted molar refractivity (Wildman–Crippen MR) is 92.0 cm³/mol. The van der Waals surface area contributed by atoms with Crippen LogP contribution in [0, 0.1) is 6.92 Å². The van der Waals surface area contributed by atoms with E-state index in [9.17, 15) is 4.79 Å². The third-order valence-electron chi connectivity index (χ3n) is 4.48. The first-order valence-electron chi connectivity index (χ1n) is 8.50. The number of aromatic nitrogens is 4. The number of likely N-dealkylation sites (N-methyl/N-ethyl adjacent to an activating group) is 1. The Kier molecular flexibility index (Phi) is 5.40. The molecule has 134 valence electrons. The van der Waals surface area contributed by atoms with Crippen LogP contribution in [0.2, 0.25) is 0 Å². The van der Waals surface area contributed by atoms with Crippen molar-refractivity contribution >= 4 is 5.91 Å². The molecule has 2 atom stereocenters. The smallest absolute Gasteiger partial charge is 0.289 e. The first kappa shape index (κ1) is 17.5. The molecule has 8 heteroatoms. The summed E-state index contributed by atoms with van der Waals surface area (Å²) in [4.78, 5) is 27.1. The maximum Gasteiger partial charge on any atom is 0.289 e. The van der Waals surface area contributed by atoms with Crippen molar-refractivity contribution in [2.75, 3.05) is 26.2 Å². The molecule has 0 bridgehead atoms. The molecule has 1 aliphatic rings. The van der Waals surface area contributed by atoms with Gasteiger partial charge in [0.25, 0.3) is 5.91 Å². The molecular formula is C17H24N6O2. The Morgan fingerprint density at radius 3 is 3.00 bits per heavy atom. The number of carbonyl (C=O) groups excluding carboxylic acids is 1. The van der Waals surface area contributed by atoms with Gasteiger partial charge in [0, 0.05) is 38.2 Å². The van der Waals surface area contributed by atoms with Crippen LogP contribution in [0.3, 0.4) is 0 Å². The Morgan fingerprint density at radius 2 is 2.32 bits per heavy atom. The van der Waals surface area contributed by atoms with Crippen molar-refractivity contribution in [1.29, 1.82) is 0 Å². The average Bonchev–Trinajstić information content (AvgIpc) is 3.04. The number of nitrogens with zero attached hydrogens (tertiary/aromatic N) is 5. The molecule has 3 heterocycles. The van der Waals surface area contributed by atoms with Crippen LogP contribution in [-0.4, -0.2) is 62.7 Å². The summed E-state index contributed by atoms with van der Waals surface area (Å²) in [6.07, 6.45) is 5.08. The van der Waals surface area contributed by atoms with Crippen LogP contribution in [0.4, 0.5) is 0 Å². The summed E-state index contributed by atoms with van der Waals surface area (Å²) < 4.78 is 7.97. The van der Waals surface area contributed by atoms with Crippen LogP contribution in [0.15, 0.2) is 24.8 Å². The first-order valence-corrected chi connectivity index (χ1v) is 8.50. The zero-order chi connectivity index (χ0) is 17.8. The highest BCUT2D eigenvalue weighted by Crippen LogP contribution is 2.28.